The number of amides is 1. The number of benzene rings is 2. The van der Waals surface area contributed by atoms with Crippen LogP contribution < -0.4 is 10.1 Å². The summed E-state index contributed by atoms with van der Waals surface area (Å²) in [6.07, 6.45) is -1.17. The maximum absolute atomic E-state index is 14.0. The Morgan fingerprint density at radius 3 is 2.66 bits per heavy atom. The molecule has 0 bridgehead atoms. The minimum absolute atomic E-state index is 0.0373. The maximum atomic E-state index is 14.0. The molecule has 29 heavy (non-hydrogen) atoms. The highest BCUT2D eigenvalue weighted by molar-refractivity contribution is 7.83. The monoisotopic (exact) mass is 444 g/mol. The molecule has 10 heteroatoms. The number of halogens is 3. The second-order valence-corrected chi connectivity index (χ2v) is 8.35. The zero-order valence-electron chi connectivity index (χ0n) is 15.4. The Bertz CT molecular complexity index is 929. The number of hydrogen-bond acceptors (Lipinski definition) is 5. The van der Waals surface area contributed by atoms with Gasteiger partial charge in [0.1, 0.15) is 12.0 Å². The Balaban J connectivity index is 1.89. The zero-order chi connectivity index (χ0) is 21.1. The van der Waals surface area contributed by atoms with Crippen molar-refractivity contribution in [1.82, 2.24) is 9.62 Å². The number of nitrogens with zero attached hydrogens (tertiary/aromatic N) is 1. The van der Waals surface area contributed by atoms with Crippen LogP contribution in [0.5, 0.6) is 5.75 Å². The van der Waals surface area contributed by atoms with E-state index in [1.807, 2.05) is 0 Å². The molecule has 2 aromatic rings. The van der Waals surface area contributed by atoms with Gasteiger partial charge in [-0.3, -0.25) is 14.4 Å². The number of hydrogen-bond donors (Lipinski definition) is 2. The molecule has 1 amide bonds. The van der Waals surface area contributed by atoms with Crippen molar-refractivity contribution in [2.45, 2.75) is 17.5 Å². The van der Waals surface area contributed by atoms with Crippen molar-refractivity contribution in [2.24, 2.45) is 5.92 Å². The van der Waals surface area contributed by atoms with Crippen LogP contribution in [-0.4, -0.2) is 46.0 Å². The Labute approximate surface area is 174 Å². The molecular weight excluding hydrogens is 426 g/mol. The van der Waals surface area contributed by atoms with Gasteiger partial charge in [-0.2, -0.15) is 0 Å². The van der Waals surface area contributed by atoms with Gasteiger partial charge in [0.2, 0.25) is 5.91 Å². The maximum Gasteiger partial charge on any atom is 0.239 e. The Morgan fingerprint density at radius 1 is 1.31 bits per heavy atom. The van der Waals surface area contributed by atoms with E-state index in [0.717, 1.165) is 10.4 Å². The first kappa shape index (κ1) is 21.6. The van der Waals surface area contributed by atoms with Crippen LogP contribution in [0.3, 0.4) is 0 Å². The summed E-state index contributed by atoms with van der Waals surface area (Å²) in [6.45, 7) is -0.172. The van der Waals surface area contributed by atoms with Crippen molar-refractivity contribution in [3.05, 3.63) is 58.6 Å². The van der Waals surface area contributed by atoms with E-state index >= 15 is 0 Å². The van der Waals surface area contributed by atoms with Crippen LogP contribution in [0, 0.1) is 17.6 Å². The van der Waals surface area contributed by atoms with E-state index in [4.69, 9.17) is 16.3 Å². The normalized spacial score (nSPS) is 21.0. The summed E-state index contributed by atoms with van der Waals surface area (Å²) in [5, 5.41) is 13.3. The lowest BCUT2D eigenvalue weighted by Gasteiger charge is -2.23. The molecule has 0 aliphatic carbocycles. The third kappa shape index (κ3) is 4.92. The van der Waals surface area contributed by atoms with Gasteiger partial charge in [-0.05, 0) is 36.8 Å². The predicted octanol–water partition coefficient (Wildman–Crippen LogP) is 2.26. The lowest BCUT2D eigenvalue weighted by molar-refractivity contribution is -0.129. The Hall–Kier alpha value is -2.07. The zero-order valence-corrected chi connectivity index (χ0v) is 17.0. The summed E-state index contributed by atoms with van der Waals surface area (Å²) in [6, 6.07) is 7.93. The first-order chi connectivity index (χ1) is 13.8. The highest BCUT2D eigenvalue weighted by atomic mass is 35.5. The number of rotatable bonds is 5. The van der Waals surface area contributed by atoms with Crippen LogP contribution in [0.25, 0.3) is 0 Å². The number of aliphatic hydroxyl groups excluding tert-OH is 1. The van der Waals surface area contributed by atoms with Crippen LogP contribution in [0.2, 0.25) is 5.02 Å². The smallest absolute Gasteiger partial charge is 0.239 e. The molecule has 0 radical (unpaired) electrons. The highest BCUT2D eigenvalue weighted by Gasteiger charge is 2.34. The van der Waals surface area contributed by atoms with Gasteiger partial charge in [0.15, 0.2) is 22.6 Å². The fourth-order valence-electron chi connectivity index (χ4n) is 3.13. The van der Waals surface area contributed by atoms with Crippen molar-refractivity contribution in [2.75, 3.05) is 20.2 Å². The standard InChI is InChI=1S/C19H19ClF2N2O4S/c1-28-18-11(7-14(21)8-16(18)22)6-12-9-23-17(25)10-24(19(12)26)29(27)15-4-2-13(20)3-5-15/h2-5,7-8,12,17,23,25H,6,9-10H2,1H3. The topological polar surface area (TPSA) is 78.9 Å². The van der Waals surface area contributed by atoms with Crippen molar-refractivity contribution in [1.29, 1.82) is 0 Å². The fraction of sp³-hybridized carbons (Fsp3) is 0.316. The molecule has 0 spiro atoms. The SMILES string of the molecule is COc1c(F)cc(F)cc1CC1CNC(O)CN(S(=O)c2ccc(Cl)cc2)C1=O. The van der Waals surface area contributed by atoms with E-state index in [-0.39, 0.29) is 30.8 Å². The van der Waals surface area contributed by atoms with Crippen molar-refractivity contribution in [3.8, 4) is 5.75 Å². The van der Waals surface area contributed by atoms with Gasteiger partial charge in [0, 0.05) is 23.2 Å². The van der Waals surface area contributed by atoms with Gasteiger partial charge in [0.25, 0.3) is 0 Å². The van der Waals surface area contributed by atoms with E-state index in [0.29, 0.717) is 16.0 Å². The molecule has 0 saturated carbocycles. The Morgan fingerprint density at radius 2 is 2.00 bits per heavy atom. The van der Waals surface area contributed by atoms with Gasteiger partial charge < -0.3 is 9.84 Å². The molecule has 1 aliphatic heterocycles. The minimum atomic E-state index is -1.89. The van der Waals surface area contributed by atoms with Gasteiger partial charge >= 0.3 is 0 Å². The lowest BCUT2D eigenvalue weighted by Crippen LogP contribution is -2.41. The molecule has 6 nitrogen and oxygen atoms in total. The van der Waals surface area contributed by atoms with Crippen LogP contribution >= 0.6 is 11.6 Å². The van der Waals surface area contributed by atoms with Crippen LogP contribution in [0.15, 0.2) is 41.3 Å². The van der Waals surface area contributed by atoms with E-state index in [9.17, 15) is 22.9 Å². The van der Waals surface area contributed by atoms with Crippen LogP contribution in [0.4, 0.5) is 8.78 Å². The van der Waals surface area contributed by atoms with Crippen LogP contribution in [-0.2, 0) is 22.2 Å². The largest absolute Gasteiger partial charge is 0.493 e. The number of aliphatic hydroxyl groups is 1. The first-order valence-electron chi connectivity index (χ1n) is 8.72. The van der Waals surface area contributed by atoms with Gasteiger partial charge in [-0.25, -0.2) is 13.0 Å². The summed E-state index contributed by atoms with van der Waals surface area (Å²) in [4.78, 5) is 13.4. The molecule has 2 N–H and O–H groups in total. The van der Waals surface area contributed by atoms with E-state index < -0.39 is 40.7 Å². The molecule has 3 atom stereocenters. The highest BCUT2D eigenvalue weighted by Crippen LogP contribution is 2.28. The Kier molecular flexibility index (Phi) is 6.84. The molecular formula is C19H19ClF2N2O4S. The van der Waals surface area contributed by atoms with Crippen molar-refractivity contribution < 1.29 is 27.6 Å². The molecule has 0 aromatic heterocycles. The summed E-state index contributed by atoms with van der Waals surface area (Å²) in [5.41, 5.74) is 0.166. The summed E-state index contributed by atoms with van der Waals surface area (Å²) < 4.78 is 46.7. The fourth-order valence-corrected chi connectivity index (χ4v) is 4.47. The summed E-state index contributed by atoms with van der Waals surface area (Å²) >= 11 is 5.84. The number of carbonyl (C=O) groups is 1. The average Bonchev–Trinajstić information content (AvgIpc) is 2.81. The molecule has 3 unspecified atom stereocenters. The van der Waals surface area contributed by atoms with Crippen molar-refractivity contribution >= 4 is 28.5 Å². The second-order valence-electron chi connectivity index (χ2n) is 6.51. The lowest BCUT2D eigenvalue weighted by atomic mass is 9.97. The number of carbonyl (C=O) groups excluding carboxylic acids is 1. The second kappa shape index (κ2) is 9.17. The molecule has 1 fully saturated rings. The third-order valence-electron chi connectivity index (χ3n) is 4.50. The van der Waals surface area contributed by atoms with E-state index in [1.165, 1.54) is 19.2 Å². The molecule has 2 aromatic carbocycles. The molecule has 1 heterocycles. The number of β-amino-alcohol motifs (C(OH)–C–C–N with tert-alkyl or cyclic N) is 1. The minimum Gasteiger partial charge on any atom is -0.493 e. The van der Waals surface area contributed by atoms with E-state index in [1.54, 1.807) is 12.1 Å². The van der Waals surface area contributed by atoms with Crippen LogP contribution in [0.1, 0.15) is 5.56 Å². The van der Waals surface area contributed by atoms with Gasteiger partial charge in [0.05, 0.1) is 24.5 Å². The summed E-state index contributed by atoms with van der Waals surface area (Å²) in [5.74, 6) is -3.17. The third-order valence-corrected chi connectivity index (χ3v) is 6.16. The first-order valence-corrected chi connectivity index (χ1v) is 10.2. The van der Waals surface area contributed by atoms with Crippen molar-refractivity contribution in [3.63, 3.8) is 0 Å². The van der Waals surface area contributed by atoms with Gasteiger partial charge in [-0.15, -0.1) is 0 Å². The van der Waals surface area contributed by atoms with E-state index in [2.05, 4.69) is 5.32 Å². The molecule has 1 saturated heterocycles. The number of ether oxygens (including phenoxy) is 1. The average molecular weight is 445 g/mol. The van der Waals surface area contributed by atoms with Gasteiger partial charge in [-0.1, -0.05) is 11.6 Å². The quantitative estimate of drug-likeness (QED) is 0.739. The number of methoxy groups -OCH3 is 1. The molecule has 156 valence electrons. The summed E-state index contributed by atoms with van der Waals surface area (Å²) in [7, 11) is -0.640. The molecule has 1 aliphatic rings. The number of nitrogens with one attached hydrogen (secondary N) is 1. The predicted molar refractivity (Wildman–Crippen MR) is 104 cm³/mol. The molecule has 3 rings (SSSR count).